The largest absolute Gasteiger partial charge is 0.352 e. The summed E-state index contributed by atoms with van der Waals surface area (Å²) in [5, 5.41) is 6.72. The Bertz CT molecular complexity index is 815. The number of carbonyl (C=O) groups is 1. The van der Waals surface area contributed by atoms with Crippen LogP contribution in [0, 0.1) is 0 Å². The molecule has 2 heterocycles. The number of nitrogens with one attached hydrogen (secondary N) is 1. The van der Waals surface area contributed by atoms with Crippen LogP contribution in [0.3, 0.4) is 0 Å². The van der Waals surface area contributed by atoms with E-state index < -0.39 is 0 Å². The Hall–Kier alpha value is -3.09. The van der Waals surface area contributed by atoms with Gasteiger partial charge in [0.2, 0.25) is 23.4 Å². The number of nitrogens with zero attached hydrogens (tertiary/aromatic N) is 4. The zero-order chi connectivity index (χ0) is 17.5. The summed E-state index contributed by atoms with van der Waals surface area (Å²) in [6.45, 7) is 2.62. The van der Waals surface area contributed by atoms with E-state index in [1.807, 2.05) is 12.1 Å². The molecular formula is C18H19N5O2. The number of aryl methyl sites for hydroxylation is 2. The van der Waals surface area contributed by atoms with Crippen LogP contribution in [0.4, 0.5) is 0 Å². The van der Waals surface area contributed by atoms with Crippen molar-refractivity contribution in [1.82, 2.24) is 25.4 Å². The molecule has 0 fully saturated rings. The summed E-state index contributed by atoms with van der Waals surface area (Å²) in [5.41, 5.74) is 2.36. The lowest BCUT2D eigenvalue weighted by atomic mass is 10.1. The molecule has 0 aliphatic carbocycles. The third-order valence-electron chi connectivity index (χ3n) is 3.72. The average Bonchev–Trinajstić information content (AvgIpc) is 3.15. The zero-order valence-electron chi connectivity index (χ0n) is 14.0. The van der Waals surface area contributed by atoms with Gasteiger partial charge in [-0.25, -0.2) is 9.97 Å². The lowest BCUT2D eigenvalue weighted by Gasteiger charge is -2.05. The van der Waals surface area contributed by atoms with Gasteiger partial charge in [-0.1, -0.05) is 36.3 Å². The van der Waals surface area contributed by atoms with E-state index in [0.717, 1.165) is 12.0 Å². The third kappa shape index (κ3) is 4.69. The van der Waals surface area contributed by atoms with Crippen molar-refractivity contribution in [2.24, 2.45) is 0 Å². The van der Waals surface area contributed by atoms with E-state index in [1.54, 1.807) is 18.5 Å². The number of aromatic nitrogens is 4. The molecule has 0 saturated carbocycles. The SMILES string of the molecule is CCc1ccc(CNC(=O)CCc2nc(-c3ncccn3)no2)cc1. The van der Waals surface area contributed by atoms with Gasteiger partial charge >= 0.3 is 0 Å². The van der Waals surface area contributed by atoms with E-state index in [2.05, 4.69) is 44.5 Å². The molecule has 0 aliphatic heterocycles. The van der Waals surface area contributed by atoms with E-state index >= 15 is 0 Å². The van der Waals surface area contributed by atoms with E-state index in [-0.39, 0.29) is 12.3 Å². The highest BCUT2D eigenvalue weighted by atomic mass is 16.5. The summed E-state index contributed by atoms with van der Waals surface area (Å²) in [6.07, 6.45) is 4.88. The van der Waals surface area contributed by atoms with Gasteiger partial charge in [0.25, 0.3) is 0 Å². The van der Waals surface area contributed by atoms with Gasteiger partial charge in [-0.15, -0.1) is 0 Å². The first kappa shape index (κ1) is 16.8. The predicted molar refractivity (Wildman–Crippen MR) is 91.3 cm³/mol. The fourth-order valence-corrected chi connectivity index (χ4v) is 2.26. The van der Waals surface area contributed by atoms with Crippen molar-refractivity contribution in [3.05, 3.63) is 59.7 Å². The zero-order valence-corrected chi connectivity index (χ0v) is 14.0. The Morgan fingerprint density at radius 2 is 1.80 bits per heavy atom. The lowest BCUT2D eigenvalue weighted by molar-refractivity contribution is -0.121. The number of hydrogen-bond donors (Lipinski definition) is 1. The third-order valence-corrected chi connectivity index (χ3v) is 3.72. The summed E-state index contributed by atoms with van der Waals surface area (Å²) in [4.78, 5) is 24.3. The van der Waals surface area contributed by atoms with E-state index in [4.69, 9.17) is 4.52 Å². The van der Waals surface area contributed by atoms with Crippen molar-refractivity contribution >= 4 is 5.91 Å². The van der Waals surface area contributed by atoms with Gasteiger partial charge in [0.05, 0.1) is 0 Å². The van der Waals surface area contributed by atoms with Crippen molar-refractivity contribution < 1.29 is 9.32 Å². The van der Waals surface area contributed by atoms with Gasteiger partial charge in [0.15, 0.2) is 0 Å². The average molecular weight is 337 g/mol. The molecular weight excluding hydrogens is 318 g/mol. The molecule has 0 atom stereocenters. The van der Waals surface area contributed by atoms with Crippen LogP contribution < -0.4 is 5.32 Å². The number of rotatable bonds is 7. The molecule has 2 aromatic heterocycles. The standard InChI is InChI=1S/C18H19N5O2/c1-2-13-4-6-14(7-5-13)12-21-15(24)8-9-16-22-18(23-25-16)17-19-10-3-11-20-17/h3-7,10-11H,2,8-9,12H2,1H3,(H,21,24). The predicted octanol–water partition coefficient (Wildman–Crippen LogP) is 2.34. The summed E-state index contributed by atoms with van der Waals surface area (Å²) >= 11 is 0. The fourth-order valence-electron chi connectivity index (χ4n) is 2.26. The van der Waals surface area contributed by atoms with Gasteiger partial charge < -0.3 is 9.84 Å². The molecule has 7 heteroatoms. The maximum atomic E-state index is 12.0. The minimum Gasteiger partial charge on any atom is -0.352 e. The highest BCUT2D eigenvalue weighted by Gasteiger charge is 2.12. The van der Waals surface area contributed by atoms with Gasteiger partial charge in [-0.3, -0.25) is 4.79 Å². The molecule has 0 saturated heterocycles. The molecule has 1 N–H and O–H groups in total. The summed E-state index contributed by atoms with van der Waals surface area (Å²) in [6, 6.07) is 9.93. The van der Waals surface area contributed by atoms with Crippen LogP contribution >= 0.6 is 0 Å². The molecule has 128 valence electrons. The first-order chi connectivity index (χ1) is 12.2. The van der Waals surface area contributed by atoms with Gasteiger partial charge in [0, 0.05) is 31.8 Å². The van der Waals surface area contributed by atoms with Crippen LogP contribution in [0.1, 0.15) is 30.4 Å². The maximum Gasteiger partial charge on any atom is 0.240 e. The Balaban J connectivity index is 1.46. The molecule has 3 aromatic rings. The van der Waals surface area contributed by atoms with Crippen molar-refractivity contribution in [2.75, 3.05) is 0 Å². The molecule has 0 spiro atoms. The van der Waals surface area contributed by atoms with Crippen molar-refractivity contribution in [2.45, 2.75) is 32.7 Å². The fraction of sp³-hybridized carbons (Fsp3) is 0.278. The number of amides is 1. The summed E-state index contributed by atoms with van der Waals surface area (Å²) in [7, 11) is 0. The molecule has 1 aromatic carbocycles. The summed E-state index contributed by atoms with van der Waals surface area (Å²) in [5.74, 6) is 1.06. The molecule has 0 radical (unpaired) electrons. The Labute approximate surface area is 145 Å². The first-order valence-corrected chi connectivity index (χ1v) is 8.19. The maximum absolute atomic E-state index is 12.0. The quantitative estimate of drug-likeness (QED) is 0.711. The Kier molecular flexibility index (Phi) is 5.46. The van der Waals surface area contributed by atoms with Crippen LogP contribution in [0.25, 0.3) is 11.6 Å². The van der Waals surface area contributed by atoms with Gasteiger partial charge in [0.1, 0.15) is 0 Å². The molecule has 0 aliphatic rings. The van der Waals surface area contributed by atoms with Crippen LogP contribution in [0.15, 0.2) is 47.2 Å². The molecule has 7 nitrogen and oxygen atoms in total. The molecule has 3 rings (SSSR count). The second kappa shape index (κ2) is 8.14. The first-order valence-electron chi connectivity index (χ1n) is 8.19. The minimum absolute atomic E-state index is 0.0599. The second-order valence-corrected chi connectivity index (χ2v) is 5.53. The van der Waals surface area contributed by atoms with Crippen LogP contribution in [0.5, 0.6) is 0 Å². The molecule has 25 heavy (non-hydrogen) atoms. The topological polar surface area (TPSA) is 93.8 Å². The number of carbonyl (C=O) groups excluding carboxylic acids is 1. The highest BCUT2D eigenvalue weighted by molar-refractivity contribution is 5.76. The monoisotopic (exact) mass is 337 g/mol. The van der Waals surface area contributed by atoms with Crippen molar-refractivity contribution in [1.29, 1.82) is 0 Å². The van der Waals surface area contributed by atoms with Gasteiger partial charge in [-0.05, 0) is 23.6 Å². The van der Waals surface area contributed by atoms with Crippen molar-refractivity contribution in [3.8, 4) is 11.6 Å². The molecule has 1 amide bonds. The van der Waals surface area contributed by atoms with E-state index in [0.29, 0.717) is 30.5 Å². The highest BCUT2D eigenvalue weighted by Crippen LogP contribution is 2.10. The van der Waals surface area contributed by atoms with Crippen LogP contribution in [-0.2, 0) is 24.2 Å². The summed E-state index contributed by atoms with van der Waals surface area (Å²) < 4.78 is 5.14. The molecule has 0 unspecified atom stereocenters. The van der Waals surface area contributed by atoms with Crippen LogP contribution in [0.2, 0.25) is 0 Å². The minimum atomic E-state index is -0.0599. The Morgan fingerprint density at radius 3 is 2.52 bits per heavy atom. The molecule has 0 bridgehead atoms. The van der Waals surface area contributed by atoms with E-state index in [1.165, 1.54) is 5.56 Å². The number of hydrogen-bond acceptors (Lipinski definition) is 6. The normalized spacial score (nSPS) is 10.6. The van der Waals surface area contributed by atoms with Crippen LogP contribution in [-0.4, -0.2) is 26.0 Å². The second-order valence-electron chi connectivity index (χ2n) is 5.53. The number of benzene rings is 1. The van der Waals surface area contributed by atoms with E-state index in [9.17, 15) is 4.79 Å². The van der Waals surface area contributed by atoms with Crippen molar-refractivity contribution in [3.63, 3.8) is 0 Å². The van der Waals surface area contributed by atoms with Gasteiger partial charge in [-0.2, -0.15) is 4.98 Å². The lowest BCUT2D eigenvalue weighted by Crippen LogP contribution is -2.23. The Morgan fingerprint density at radius 1 is 1.08 bits per heavy atom. The smallest absolute Gasteiger partial charge is 0.240 e.